The molecule has 0 aliphatic carbocycles. The molecule has 1 saturated heterocycles. The van der Waals surface area contributed by atoms with E-state index in [2.05, 4.69) is 0 Å². The monoisotopic (exact) mass is 259 g/mol. The fraction of sp³-hybridized carbons (Fsp3) is 0.923. The lowest BCUT2D eigenvalue weighted by Crippen LogP contribution is -2.41. The smallest absolute Gasteiger partial charge is 0.222 e. The third-order valence-corrected chi connectivity index (χ3v) is 3.12. The molecule has 1 rings (SSSR count). The maximum absolute atomic E-state index is 11.9. The van der Waals surface area contributed by atoms with Gasteiger partial charge in [-0.2, -0.15) is 0 Å². The molecular weight excluding hydrogens is 234 g/mol. The zero-order chi connectivity index (χ0) is 13.2. The van der Waals surface area contributed by atoms with Gasteiger partial charge in [0, 0.05) is 32.7 Å². The molecule has 5 heteroatoms. The highest BCUT2D eigenvalue weighted by atomic mass is 16.5. The Kier molecular flexibility index (Phi) is 7.96. The van der Waals surface area contributed by atoms with Crippen LogP contribution in [0.5, 0.6) is 0 Å². The summed E-state index contributed by atoms with van der Waals surface area (Å²) in [5.74, 6) is 0.218. The normalized spacial score (nSPS) is 17.1. The molecule has 1 aliphatic rings. The van der Waals surface area contributed by atoms with Crippen LogP contribution in [0.3, 0.4) is 0 Å². The average Bonchev–Trinajstić information content (AvgIpc) is 2.41. The Labute approximate surface area is 109 Å². The molecule has 0 aromatic heterocycles. The number of aliphatic hydroxyl groups excluding tert-OH is 1. The van der Waals surface area contributed by atoms with Crippen LogP contribution >= 0.6 is 0 Å². The van der Waals surface area contributed by atoms with Gasteiger partial charge in [-0.05, 0) is 26.2 Å². The minimum atomic E-state index is 0.0660. The maximum atomic E-state index is 11.9. The Hall–Kier alpha value is -0.650. The van der Waals surface area contributed by atoms with Crippen molar-refractivity contribution in [3.63, 3.8) is 0 Å². The van der Waals surface area contributed by atoms with Crippen molar-refractivity contribution in [1.29, 1.82) is 0 Å². The molecule has 1 fully saturated rings. The Morgan fingerprint density at radius 1 is 1.33 bits per heavy atom. The minimum absolute atomic E-state index is 0.0660. The number of carbonyl (C=O) groups excluding carboxylic acids is 1. The first-order valence-electron chi connectivity index (χ1n) is 6.86. The molecule has 1 aliphatic heterocycles. The van der Waals surface area contributed by atoms with Crippen molar-refractivity contribution < 1.29 is 19.4 Å². The Morgan fingerprint density at radius 3 is 2.67 bits per heavy atom. The van der Waals surface area contributed by atoms with Crippen molar-refractivity contribution in [3.8, 4) is 0 Å². The first-order valence-corrected chi connectivity index (χ1v) is 6.86. The van der Waals surface area contributed by atoms with Gasteiger partial charge in [0.2, 0.25) is 5.91 Å². The van der Waals surface area contributed by atoms with Gasteiger partial charge in [-0.25, -0.2) is 0 Å². The summed E-state index contributed by atoms with van der Waals surface area (Å²) in [4.78, 5) is 13.8. The maximum Gasteiger partial charge on any atom is 0.222 e. The van der Waals surface area contributed by atoms with Crippen molar-refractivity contribution in [2.24, 2.45) is 0 Å². The summed E-state index contributed by atoms with van der Waals surface area (Å²) in [5, 5.41) is 8.68. The second-order valence-corrected chi connectivity index (χ2v) is 4.48. The number of hydrogen-bond donors (Lipinski definition) is 1. The molecule has 1 amide bonds. The summed E-state index contributed by atoms with van der Waals surface area (Å²) in [6.07, 6.45) is 3.31. The molecule has 0 saturated carbocycles. The van der Waals surface area contributed by atoms with Crippen molar-refractivity contribution in [3.05, 3.63) is 0 Å². The SMILES string of the molecule is CCOCCCC(=O)N1CCC(OCCO)CC1. The van der Waals surface area contributed by atoms with E-state index in [9.17, 15) is 4.79 Å². The number of ether oxygens (including phenoxy) is 2. The molecule has 0 atom stereocenters. The summed E-state index contributed by atoms with van der Waals surface area (Å²) < 4.78 is 10.7. The van der Waals surface area contributed by atoms with Gasteiger partial charge < -0.3 is 19.5 Å². The predicted octanol–water partition coefficient (Wildman–Crippen LogP) is 0.803. The van der Waals surface area contributed by atoms with Crippen LogP contribution in [0.4, 0.5) is 0 Å². The number of amides is 1. The van der Waals surface area contributed by atoms with Crippen molar-refractivity contribution >= 4 is 5.91 Å². The number of piperidine rings is 1. The number of nitrogens with zero attached hydrogens (tertiary/aromatic N) is 1. The van der Waals surface area contributed by atoms with E-state index in [0.29, 0.717) is 26.2 Å². The number of aliphatic hydroxyl groups is 1. The van der Waals surface area contributed by atoms with Gasteiger partial charge in [-0.1, -0.05) is 0 Å². The summed E-state index contributed by atoms with van der Waals surface area (Å²) in [6.45, 7) is 5.33. The van der Waals surface area contributed by atoms with E-state index in [0.717, 1.165) is 32.4 Å². The lowest BCUT2D eigenvalue weighted by molar-refractivity contribution is -0.134. The third kappa shape index (κ3) is 5.80. The van der Waals surface area contributed by atoms with E-state index in [1.54, 1.807) is 0 Å². The van der Waals surface area contributed by atoms with Crippen LogP contribution in [0, 0.1) is 0 Å². The van der Waals surface area contributed by atoms with Gasteiger partial charge in [0.15, 0.2) is 0 Å². The number of rotatable bonds is 8. The fourth-order valence-electron chi connectivity index (χ4n) is 2.12. The van der Waals surface area contributed by atoms with Crippen LogP contribution in [-0.4, -0.2) is 61.5 Å². The molecule has 1 heterocycles. The van der Waals surface area contributed by atoms with E-state index >= 15 is 0 Å². The van der Waals surface area contributed by atoms with Gasteiger partial charge in [0.1, 0.15) is 0 Å². The van der Waals surface area contributed by atoms with Crippen molar-refractivity contribution in [2.75, 3.05) is 39.5 Å². The predicted molar refractivity (Wildman–Crippen MR) is 68.4 cm³/mol. The molecule has 0 bridgehead atoms. The highest BCUT2D eigenvalue weighted by Crippen LogP contribution is 2.14. The topological polar surface area (TPSA) is 59.0 Å². The van der Waals surface area contributed by atoms with Crippen molar-refractivity contribution in [1.82, 2.24) is 4.90 Å². The summed E-state index contributed by atoms with van der Waals surface area (Å²) in [5.41, 5.74) is 0. The molecule has 0 aromatic carbocycles. The van der Waals surface area contributed by atoms with Crippen LogP contribution in [-0.2, 0) is 14.3 Å². The van der Waals surface area contributed by atoms with Gasteiger partial charge in [0.05, 0.1) is 19.3 Å². The molecule has 5 nitrogen and oxygen atoms in total. The second kappa shape index (κ2) is 9.30. The summed E-state index contributed by atoms with van der Waals surface area (Å²) in [6, 6.07) is 0. The summed E-state index contributed by atoms with van der Waals surface area (Å²) in [7, 11) is 0. The highest BCUT2D eigenvalue weighted by Gasteiger charge is 2.22. The molecule has 0 spiro atoms. The van der Waals surface area contributed by atoms with Crippen LogP contribution in [0.2, 0.25) is 0 Å². The first kappa shape index (κ1) is 15.4. The highest BCUT2D eigenvalue weighted by molar-refractivity contribution is 5.76. The van der Waals surface area contributed by atoms with Crippen LogP contribution in [0.25, 0.3) is 0 Å². The molecule has 106 valence electrons. The first-order chi connectivity index (χ1) is 8.77. The summed E-state index contributed by atoms with van der Waals surface area (Å²) >= 11 is 0. The second-order valence-electron chi connectivity index (χ2n) is 4.48. The number of carbonyl (C=O) groups is 1. The minimum Gasteiger partial charge on any atom is -0.394 e. The zero-order valence-corrected chi connectivity index (χ0v) is 11.3. The fourth-order valence-corrected chi connectivity index (χ4v) is 2.12. The third-order valence-electron chi connectivity index (χ3n) is 3.12. The van der Waals surface area contributed by atoms with Gasteiger partial charge in [-0.3, -0.25) is 4.79 Å². The molecule has 0 unspecified atom stereocenters. The van der Waals surface area contributed by atoms with Gasteiger partial charge >= 0.3 is 0 Å². The standard InChI is InChI=1S/C13H25NO4/c1-2-17-10-3-4-13(16)14-7-5-12(6-8-14)18-11-9-15/h12,15H,2-11H2,1H3. The molecular formula is C13H25NO4. The molecule has 0 radical (unpaired) electrons. The van der Waals surface area contributed by atoms with E-state index in [1.807, 2.05) is 11.8 Å². The molecule has 1 N–H and O–H groups in total. The molecule has 0 aromatic rings. The quantitative estimate of drug-likeness (QED) is 0.655. The van der Waals surface area contributed by atoms with E-state index in [1.165, 1.54) is 0 Å². The zero-order valence-electron chi connectivity index (χ0n) is 11.3. The van der Waals surface area contributed by atoms with E-state index < -0.39 is 0 Å². The lowest BCUT2D eigenvalue weighted by Gasteiger charge is -2.32. The Morgan fingerprint density at radius 2 is 2.06 bits per heavy atom. The van der Waals surface area contributed by atoms with E-state index in [-0.39, 0.29) is 18.6 Å². The van der Waals surface area contributed by atoms with Gasteiger partial charge in [-0.15, -0.1) is 0 Å². The van der Waals surface area contributed by atoms with E-state index in [4.69, 9.17) is 14.6 Å². The Bertz CT molecular complexity index is 227. The van der Waals surface area contributed by atoms with Crippen LogP contribution < -0.4 is 0 Å². The average molecular weight is 259 g/mol. The largest absolute Gasteiger partial charge is 0.394 e. The lowest BCUT2D eigenvalue weighted by atomic mass is 10.1. The van der Waals surface area contributed by atoms with Crippen LogP contribution in [0.1, 0.15) is 32.6 Å². The van der Waals surface area contributed by atoms with Gasteiger partial charge in [0.25, 0.3) is 0 Å². The number of likely N-dealkylation sites (tertiary alicyclic amines) is 1. The molecule has 18 heavy (non-hydrogen) atoms. The van der Waals surface area contributed by atoms with Crippen LogP contribution in [0.15, 0.2) is 0 Å². The number of hydrogen-bond acceptors (Lipinski definition) is 4. The van der Waals surface area contributed by atoms with Crippen molar-refractivity contribution in [2.45, 2.75) is 38.7 Å². The Balaban J connectivity index is 2.11.